The minimum absolute atomic E-state index is 0.0184. The summed E-state index contributed by atoms with van der Waals surface area (Å²) < 4.78 is 0. The first-order valence-electron chi connectivity index (χ1n) is 7.15. The molecular formula is C14H24N2O2. The van der Waals surface area contributed by atoms with Crippen molar-refractivity contribution < 1.29 is 9.59 Å². The molecule has 102 valence electrons. The maximum atomic E-state index is 12.2. The van der Waals surface area contributed by atoms with Crippen LogP contribution in [0.1, 0.15) is 52.4 Å². The van der Waals surface area contributed by atoms with E-state index in [1.165, 1.54) is 12.8 Å². The summed E-state index contributed by atoms with van der Waals surface area (Å²) >= 11 is 0. The predicted octanol–water partition coefficient (Wildman–Crippen LogP) is 1.69. The van der Waals surface area contributed by atoms with Gasteiger partial charge in [0.05, 0.1) is 0 Å². The zero-order valence-electron chi connectivity index (χ0n) is 11.4. The molecule has 2 amide bonds. The van der Waals surface area contributed by atoms with E-state index in [9.17, 15) is 9.59 Å². The highest BCUT2D eigenvalue weighted by Crippen LogP contribution is 2.24. The van der Waals surface area contributed by atoms with E-state index in [1.54, 1.807) is 11.8 Å². The van der Waals surface area contributed by atoms with Crippen molar-refractivity contribution in [2.75, 3.05) is 6.54 Å². The second-order valence-corrected chi connectivity index (χ2v) is 5.84. The smallest absolute Gasteiger partial charge is 0.243 e. The van der Waals surface area contributed by atoms with Gasteiger partial charge < -0.3 is 10.2 Å². The molecule has 4 heteroatoms. The molecule has 0 unspecified atom stereocenters. The molecule has 1 aliphatic carbocycles. The van der Waals surface area contributed by atoms with Crippen LogP contribution in [0.3, 0.4) is 0 Å². The van der Waals surface area contributed by atoms with Gasteiger partial charge >= 0.3 is 0 Å². The summed E-state index contributed by atoms with van der Waals surface area (Å²) in [4.78, 5) is 25.4. The van der Waals surface area contributed by atoms with Crippen LogP contribution in [0.25, 0.3) is 0 Å². The van der Waals surface area contributed by atoms with Gasteiger partial charge in [0.2, 0.25) is 11.8 Å². The topological polar surface area (TPSA) is 49.4 Å². The van der Waals surface area contributed by atoms with Crippen molar-refractivity contribution in [1.82, 2.24) is 10.2 Å². The quantitative estimate of drug-likeness (QED) is 0.813. The lowest BCUT2D eigenvalue weighted by atomic mass is 9.87. The number of likely N-dealkylation sites (tertiary alicyclic amines) is 1. The van der Waals surface area contributed by atoms with E-state index < -0.39 is 0 Å². The van der Waals surface area contributed by atoms with Crippen LogP contribution in [0, 0.1) is 5.92 Å². The maximum Gasteiger partial charge on any atom is 0.243 e. The van der Waals surface area contributed by atoms with Crippen LogP contribution in [-0.2, 0) is 9.59 Å². The van der Waals surface area contributed by atoms with E-state index in [0.29, 0.717) is 6.04 Å². The Morgan fingerprint density at radius 2 is 1.78 bits per heavy atom. The highest BCUT2D eigenvalue weighted by molar-refractivity contribution is 5.87. The summed E-state index contributed by atoms with van der Waals surface area (Å²) in [6, 6.07) is 0.102. The van der Waals surface area contributed by atoms with Gasteiger partial charge in [-0.15, -0.1) is 0 Å². The van der Waals surface area contributed by atoms with Gasteiger partial charge in [0, 0.05) is 19.5 Å². The van der Waals surface area contributed by atoms with Crippen molar-refractivity contribution in [2.45, 2.75) is 64.5 Å². The third-order valence-electron chi connectivity index (χ3n) is 4.32. The first-order valence-corrected chi connectivity index (χ1v) is 7.15. The Morgan fingerprint density at radius 1 is 1.11 bits per heavy atom. The summed E-state index contributed by atoms with van der Waals surface area (Å²) in [6.07, 6.45) is 6.32. The number of rotatable bonds is 2. The fourth-order valence-electron chi connectivity index (χ4n) is 3.12. The minimum Gasteiger partial charge on any atom is -0.352 e. The minimum atomic E-state index is -0.221. The van der Waals surface area contributed by atoms with Crippen molar-refractivity contribution in [3.05, 3.63) is 0 Å². The van der Waals surface area contributed by atoms with Gasteiger partial charge in [-0.05, 0) is 44.4 Å². The Balaban J connectivity index is 1.86. The van der Waals surface area contributed by atoms with Gasteiger partial charge in [0.1, 0.15) is 6.04 Å². The van der Waals surface area contributed by atoms with Crippen molar-refractivity contribution in [1.29, 1.82) is 0 Å². The van der Waals surface area contributed by atoms with Crippen LogP contribution in [0.15, 0.2) is 0 Å². The van der Waals surface area contributed by atoms with E-state index in [2.05, 4.69) is 12.2 Å². The number of amides is 2. The van der Waals surface area contributed by atoms with Crippen LogP contribution in [-0.4, -0.2) is 35.3 Å². The van der Waals surface area contributed by atoms with Gasteiger partial charge in [-0.25, -0.2) is 0 Å². The molecule has 1 aliphatic heterocycles. The first-order chi connectivity index (χ1) is 8.58. The van der Waals surface area contributed by atoms with E-state index in [4.69, 9.17) is 0 Å². The number of nitrogens with zero attached hydrogens (tertiary/aromatic N) is 1. The van der Waals surface area contributed by atoms with Crippen molar-refractivity contribution >= 4 is 11.8 Å². The summed E-state index contributed by atoms with van der Waals surface area (Å²) in [5.74, 6) is 0.866. The average Bonchev–Trinajstić information content (AvgIpc) is 2.81. The lowest BCUT2D eigenvalue weighted by molar-refractivity contribution is -0.137. The Kier molecular flexibility index (Phi) is 4.25. The van der Waals surface area contributed by atoms with Gasteiger partial charge in [0.25, 0.3) is 0 Å². The highest BCUT2D eigenvalue weighted by Gasteiger charge is 2.33. The molecule has 4 nitrogen and oxygen atoms in total. The number of hydrogen-bond donors (Lipinski definition) is 1. The van der Waals surface area contributed by atoms with Crippen LogP contribution in [0.5, 0.6) is 0 Å². The maximum absolute atomic E-state index is 12.2. The molecule has 0 bridgehead atoms. The fraction of sp³-hybridized carbons (Fsp3) is 0.857. The molecule has 18 heavy (non-hydrogen) atoms. The second-order valence-electron chi connectivity index (χ2n) is 5.84. The van der Waals surface area contributed by atoms with Gasteiger partial charge in [-0.3, -0.25) is 9.59 Å². The highest BCUT2D eigenvalue weighted by atomic mass is 16.2. The zero-order valence-corrected chi connectivity index (χ0v) is 11.4. The Labute approximate surface area is 109 Å². The molecule has 0 aromatic carbocycles. The van der Waals surface area contributed by atoms with Crippen LogP contribution < -0.4 is 5.32 Å². The third kappa shape index (κ3) is 3.03. The Bertz CT molecular complexity index is 322. The van der Waals surface area contributed by atoms with Crippen molar-refractivity contribution in [3.63, 3.8) is 0 Å². The van der Waals surface area contributed by atoms with Gasteiger partial charge in [0.15, 0.2) is 0 Å². The lowest BCUT2D eigenvalue weighted by Gasteiger charge is -2.29. The number of nitrogens with one attached hydrogen (secondary N) is 1. The first kappa shape index (κ1) is 13.4. The number of carbonyl (C=O) groups excluding carboxylic acids is 2. The molecule has 2 rings (SSSR count). The third-order valence-corrected chi connectivity index (χ3v) is 4.32. The monoisotopic (exact) mass is 252 g/mol. The van der Waals surface area contributed by atoms with Crippen LogP contribution >= 0.6 is 0 Å². The van der Waals surface area contributed by atoms with E-state index in [-0.39, 0.29) is 17.9 Å². The molecule has 2 fully saturated rings. The molecule has 1 heterocycles. The largest absolute Gasteiger partial charge is 0.352 e. The molecule has 1 N–H and O–H groups in total. The van der Waals surface area contributed by atoms with Crippen LogP contribution in [0.2, 0.25) is 0 Å². The van der Waals surface area contributed by atoms with E-state index >= 15 is 0 Å². The predicted molar refractivity (Wildman–Crippen MR) is 70.0 cm³/mol. The SMILES string of the molecule is CC(=O)N1CCC[C@H]1C(=O)N[C@H]1CC[C@H](C)CC1. The lowest BCUT2D eigenvalue weighted by Crippen LogP contribution is -2.49. The molecule has 0 radical (unpaired) electrons. The second kappa shape index (κ2) is 5.72. The fourth-order valence-corrected chi connectivity index (χ4v) is 3.12. The zero-order chi connectivity index (χ0) is 13.1. The molecule has 2 aliphatic rings. The normalized spacial score (nSPS) is 32.3. The molecule has 0 aromatic rings. The van der Waals surface area contributed by atoms with Gasteiger partial charge in [-0.1, -0.05) is 6.92 Å². The molecule has 0 spiro atoms. The Hall–Kier alpha value is -1.06. The van der Waals surface area contributed by atoms with Crippen molar-refractivity contribution in [3.8, 4) is 0 Å². The summed E-state index contributed by atoms with van der Waals surface area (Å²) in [5, 5.41) is 3.13. The molecular weight excluding hydrogens is 228 g/mol. The summed E-state index contributed by atoms with van der Waals surface area (Å²) in [7, 11) is 0. The number of carbonyl (C=O) groups is 2. The Morgan fingerprint density at radius 3 is 2.39 bits per heavy atom. The molecule has 0 aromatic heterocycles. The molecule has 1 saturated heterocycles. The summed E-state index contributed by atoms with van der Waals surface area (Å²) in [5.41, 5.74) is 0. The number of hydrogen-bond acceptors (Lipinski definition) is 2. The standard InChI is InChI=1S/C14H24N2O2/c1-10-5-7-12(8-6-10)15-14(18)13-4-3-9-16(13)11(2)17/h10,12-13H,3-9H2,1-2H3,(H,15,18)/t10-,12-,13-/m0/s1. The summed E-state index contributed by atoms with van der Waals surface area (Å²) in [6.45, 7) is 4.55. The molecule has 1 atom stereocenters. The molecule has 1 saturated carbocycles. The van der Waals surface area contributed by atoms with Crippen molar-refractivity contribution in [2.24, 2.45) is 5.92 Å². The van der Waals surface area contributed by atoms with Gasteiger partial charge in [-0.2, -0.15) is 0 Å². The van der Waals surface area contributed by atoms with E-state index in [1.807, 2.05) is 0 Å². The average molecular weight is 252 g/mol. The van der Waals surface area contributed by atoms with Crippen LogP contribution in [0.4, 0.5) is 0 Å². The van der Waals surface area contributed by atoms with E-state index in [0.717, 1.165) is 38.1 Å².